The number of rotatable bonds is 2. The van der Waals surface area contributed by atoms with E-state index in [2.05, 4.69) is 41.4 Å². The molecule has 0 fully saturated rings. The molecule has 3 aromatic heterocycles. The summed E-state index contributed by atoms with van der Waals surface area (Å²) in [7, 11) is 2.00. The van der Waals surface area contributed by atoms with Gasteiger partial charge in [-0.2, -0.15) is 0 Å². The van der Waals surface area contributed by atoms with Crippen LogP contribution in [0.2, 0.25) is 0 Å². The maximum absolute atomic E-state index is 7.00. The zero-order chi connectivity index (χ0) is 25.1. The molecule has 0 aliphatic heterocycles. The molecule has 0 saturated heterocycles. The Balaban J connectivity index is 0.000000613. The number of nitrogens with zero attached hydrogens (tertiary/aromatic N) is 1. The molecule has 2 N–H and O–H groups in total. The fraction of sp³-hybridized carbons (Fsp3) is 0.0645. The fourth-order valence-electron chi connectivity index (χ4n) is 4.59. The molecular weight excluding hydrogens is 643 g/mol. The number of furan rings is 2. The van der Waals surface area contributed by atoms with Gasteiger partial charge < -0.3 is 24.0 Å². The predicted octanol–water partition coefficient (Wildman–Crippen LogP) is 7.23. The molecule has 0 aliphatic rings. The molecule has 0 unspecified atom stereocenters. The molecular formula is C31H24IrNO4-. The van der Waals surface area contributed by atoms with Gasteiger partial charge in [-0.25, -0.2) is 0 Å². The molecule has 5 nitrogen and oxygen atoms in total. The van der Waals surface area contributed by atoms with Gasteiger partial charge >= 0.3 is 0 Å². The van der Waals surface area contributed by atoms with Crippen molar-refractivity contribution >= 4 is 43.9 Å². The van der Waals surface area contributed by atoms with Gasteiger partial charge in [-0.1, -0.05) is 42.5 Å². The number of pyridine rings is 1. The van der Waals surface area contributed by atoms with E-state index in [1.807, 2.05) is 66.9 Å². The van der Waals surface area contributed by atoms with Crippen molar-refractivity contribution in [3.63, 3.8) is 0 Å². The van der Waals surface area contributed by atoms with E-state index in [1.165, 1.54) is 0 Å². The van der Waals surface area contributed by atoms with Gasteiger partial charge in [-0.3, -0.25) is 0 Å². The zero-order valence-electron chi connectivity index (χ0n) is 20.2. The van der Waals surface area contributed by atoms with Gasteiger partial charge in [-0.15, -0.1) is 35.9 Å². The summed E-state index contributed by atoms with van der Waals surface area (Å²) in [5, 5.41) is 18.3. The van der Waals surface area contributed by atoms with Crippen LogP contribution in [0.5, 0.6) is 0 Å². The summed E-state index contributed by atoms with van der Waals surface area (Å²) >= 11 is 0. The summed E-state index contributed by atoms with van der Waals surface area (Å²) in [5.74, 6) is 0. The van der Waals surface area contributed by atoms with Gasteiger partial charge in [0.2, 0.25) is 0 Å². The zero-order valence-corrected chi connectivity index (χ0v) is 22.6. The number of aromatic nitrogens is 1. The smallest absolute Gasteiger partial charge is 0.179 e. The Labute approximate surface area is 227 Å². The molecule has 0 saturated carbocycles. The Hall–Kier alpha value is -3.80. The molecule has 3 heterocycles. The first-order valence-corrected chi connectivity index (χ1v) is 11.5. The van der Waals surface area contributed by atoms with E-state index in [9.17, 15) is 0 Å². The minimum Gasteiger partial charge on any atom is -0.452 e. The van der Waals surface area contributed by atoms with Crippen molar-refractivity contribution in [3.8, 4) is 22.4 Å². The van der Waals surface area contributed by atoms with Gasteiger partial charge in [0.05, 0.1) is 0 Å². The summed E-state index contributed by atoms with van der Waals surface area (Å²) in [6.45, 7) is 0. The van der Waals surface area contributed by atoms with E-state index in [-0.39, 0.29) is 20.1 Å². The molecule has 0 atom stereocenters. The SMILES string of the molecule is CO.CO.[Ir].[c-]1ccccc1-c1cc(-c2cc3c4ccccc4oc3c3oc4ccccc4c23)ccn1. The largest absolute Gasteiger partial charge is 0.452 e. The van der Waals surface area contributed by atoms with Crippen LogP contribution in [0.25, 0.3) is 66.3 Å². The molecule has 7 rings (SSSR count). The maximum atomic E-state index is 7.00. The molecule has 1 radical (unpaired) electrons. The third kappa shape index (κ3) is 4.57. The molecule has 187 valence electrons. The number of para-hydroxylation sites is 2. The average molecular weight is 667 g/mol. The molecule has 0 spiro atoms. The first-order chi connectivity index (χ1) is 17.9. The Bertz CT molecular complexity index is 1790. The van der Waals surface area contributed by atoms with Crippen molar-refractivity contribution in [3.05, 3.63) is 103 Å². The van der Waals surface area contributed by atoms with Crippen molar-refractivity contribution < 1.29 is 39.2 Å². The molecule has 6 heteroatoms. The van der Waals surface area contributed by atoms with Crippen LogP contribution in [0.4, 0.5) is 0 Å². The summed E-state index contributed by atoms with van der Waals surface area (Å²) in [5.41, 5.74) is 7.31. The van der Waals surface area contributed by atoms with Crippen LogP contribution >= 0.6 is 0 Å². The monoisotopic (exact) mass is 667 g/mol. The summed E-state index contributed by atoms with van der Waals surface area (Å²) in [4.78, 5) is 4.59. The van der Waals surface area contributed by atoms with Crippen LogP contribution < -0.4 is 0 Å². The number of hydrogen-bond acceptors (Lipinski definition) is 5. The van der Waals surface area contributed by atoms with Crippen molar-refractivity contribution in [2.45, 2.75) is 0 Å². The third-order valence-corrected chi connectivity index (χ3v) is 6.05. The third-order valence-electron chi connectivity index (χ3n) is 6.05. The molecule has 0 amide bonds. The number of aliphatic hydroxyl groups is 2. The van der Waals surface area contributed by atoms with Crippen LogP contribution in [-0.4, -0.2) is 29.4 Å². The van der Waals surface area contributed by atoms with Crippen LogP contribution in [0.3, 0.4) is 0 Å². The molecule has 7 aromatic rings. The molecule has 37 heavy (non-hydrogen) atoms. The standard InChI is InChI=1S/C29H16NO2.2CH4O.Ir/c1-2-8-18(9-3-1)24-16-19(14-15-30-24)22-17-23-20-10-4-6-12-25(20)31-28(23)29-27(22)21-11-5-7-13-26(21)32-29;2*1-2;/h1-8,10-17H;2*2H,1H3;/q-1;;;. The number of hydrogen-bond donors (Lipinski definition) is 2. The van der Waals surface area contributed by atoms with E-state index >= 15 is 0 Å². The fourth-order valence-corrected chi connectivity index (χ4v) is 4.59. The van der Waals surface area contributed by atoms with Crippen LogP contribution in [0.1, 0.15) is 0 Å². The van der Waals surface area contributed by atoms with Gasteiger partial charge in [0.1, 0.15) is 11.2 Å². The van der Waals surface area contributed by atoms with Crippen molar-refractivity contribution in [2.24, 2.45) is 0 Å². The van der Waals surface area contributed by atoms with Crippen molar-refractivity contribution in [2.75, 3.05) is 14.2 Å². The molecule has 4 aromatic carbocycles. The van der Waals surface area contributed by atoms with Crippen LogP contribution in [-0.2, 0) is 20.1 Å². The second kappa shape index (κ2) is 11.5. The van der Waals surface area contributed by atoms with E-state index in [1.54, 1.807) is 0 Å². The topological polar surface area (TPSA) is 79.6 Å². The Kier molecular flexibility index (Phi) is 8.17. The van der Waals surface area contributed by atoms with Gasteiger partial charge in [0.15, 0.2) is 11.2 Å². The van der Waals surface area contributed by atoms with E-state index < -0.39 is 0 Å². The Morgan fingerprint density at radius 3 is 2.05 bits per heavy atom. The second-order valence-corrected chi connectivity index (χ2v) is 7.91. The van der Waals surface area contributed by atoms with E-state index in [0.29, 0.717) is 0 Å². The average Bonchev–Trinajstić information content (AvgIpc) is 3.54. The van der Waals surface area contributed by atoms with Crippen molar-refractivity contribution in [1.82, 2.24) is 4.98 Å². The minimum atomic E-state index is 0. The van der Waals surface area contributed by atoms with Gasteiger partial charge in [0, 0.05) is 62.1 Å². The number of aliphatic hydroxyl groups excluding tert-OH is 2. The van der Waals surface area contributed by atoms with E-state index in [0.717, 1.165) is 80.5 Å². The first-order valence-electron chi connectivity index (χ1n) is 11.5. The molecule has 0 bridgehead atoms. The number of fused-ring (bicyclic) bond motifs is 7. The van der Waals surface area contributed by atoms with Gasteiger partial charge in [-0.05, 0) is 41.1 Å². The van der Waals surface area contributed by atoms with Gasteiger partial charge in [0.25, 0.3) is 0 Å². The van der Waals surface area contributed by atoms with Crippen LogP contribution in [0, 0.1) is 6.07 Å². The second-order valence-electron chi connectivity index (χ2n) is 7.91. The summed E-state index contributed by atoms with van der Waals surface area (Å²) in [6.07, 6.45) is 1.86. The Morgan fingerprint density at radius 1 is 0.676 bits per heavy atom. The quantitative estimate of drug-likeness (QED) is 0.191. The summed E-state index contributed by atoms with van der Waals surface area (Å²) < 4.78 is 12.6. The predicted molar refractivity (Wildman–Crippen MR) is 145 cm³/mol. The van der Waals surface area contributed by atoms with E-state index in [4.69, 9.17) is 19.0 Å². The first kappa shape index (κ1) is 26.3. The normalized spacial score (nSPS) is 10.5. The summed E-state index contributed by atoms with van der Waals surface area (Å²) in [6, 6.07) is 33.9. The minimum absolute atomic E-state index is 0. The van der Waals surface area contributed by atoms with Crippen molar-refractivity contribution in [1.29, 1.82) is 0 Å². The maximum Gasteiger partial charge on any atom is 0.179 e. The molecule has 0 aliphatic carbocycles. The van der Waals surface area contributed by atoms with Crippen LogP contribution in [0.15, 0.2) is 106 Å². The Morgan fingerprint density at radius 2 is 1.32 bits per heavy atom. The number of benzene rings is 4.